The molecular formula is C15H23N5O2. The highest BCUT2D eigenvalue weighted by atomic mass is 16.5. The summed E-state index contributed by atoms with van der Waals surface area (Å²) in [7, 11) is 1.88. The predicted octanol–water partition coefficient (Wildman–Crippen LogP) is 2.17. The number of anilines is 1. The summed E-state index contributed by atoms with van der Waals surface area (Å²) >= 11 is 0. The summed E-state index contributed by atoms with van der Waals surface area (Å²) in [5.41, 5.74) is 1.84. The molecule has 1 heterocycles. The van der Waals surface area contributed by atoms with E-state index in [9.17, 15) is 4.91 Å². The second-order valence-corrected chi connectivity index (χ2v) is 4.91. The molecule has 1 aromatic carbocycles. The third-order valence-corrected chi connectivity index (χ3v) is 3.42. The van der Waals surface area contributed by atoms with Crippen LogP contribution >= 0.6 is 0 Å². The lowest BCUT2D eigenvalue weighted by Gasteiger charge is -2.16. The standard InChI is InChI=1S/C15H23N5O2/c1-3-22-12-11-19-14-8-5-4-7-13(14)17-15(19)20(18-21)10-6-9-16-2/h4-5,7-8,16H,3,6,9-12H2,1-2H3. The summed E-state index contributed by atoms with van der Waals surface area (Å²) in [5.74, 6) is 0.576. The molecule has 0 saturated carbocycles. The first kappa shape index (κ1) is 16.4. The fraction of sp³-hybridized carbons (Fsp3) is 0.533. The van der Waals surface area contributed by atoms with Crippen LogP contribution in [-0.2, 0) is 11.3 Å². The topological polar surface area (TPSA) is 71.8 Å². The van der Waals surface area contributed by atoms with Crippen molar-refractivity contribution in [3.05, 3.63) is 29.2 Å². The maximum Gasteiger partial charge on any atom is 0.230 e. The number of benzene rings is 1. The van der Waals surface area contributed by atoms with Crippen LogP contribution < -0.4 is 10.3 Å². The molecule has 0 bridgehead atoms. The van der Waals surface area contributed by atoms with Gasteiger partial charge in [-0.25, -0.2) is 4.98 Å². The second kappa shape index (κ2) is 8.45. The van der Waals surface area contributed by atoms with Gasteiger partial charge in [-0.05, 0) is 39.1 Å². The number of nitroso groups, excluding NO2 is 1. The Labute approximate surface area is 130 Å². The van der Waals surface area contributed by atoms with Crippen LogP contribution in [0.3, 0.4) is 0 Å². The fourth-order valence-electron chi connectivity index (χ4n) is 2.36. The molecule has 2 aromatic rings. The molecule has 120 valence electrons. The average molecular weight is 305 g/mol. The Kier molecular flexibility index (Phi) is 6.29. The molecule has 0 atom stereocenters. The number of nitrogens with one attached hydrogen (secondary N) is 1. The van der Waals surface area contributed by atoms with Crippen molar-refractivity contribution in [2.75, 3.05) is 38.4 Å². The number of ether oxygens (including phenoxy) is 1. The lowest BCUT2D eigenvalue weighted by Crippen LogP contribution is -2.24. The fourth-order valence-corrected chi connectivity index (χ4v) is 2.36. The van der Waals surface area contributed by atoms with E-state index in [1.165, 1.54) is 5.01 Å². The zero-order valence-corrected chi connectivity index (χ0v) is 13.2. The molecule has 0 amide bonds. The Morgan fingerprint density at radius 2 is 2.23 bits per heavy atom. The molecule has 0 spiro atoms. The zero-order chi connectivity index (χ0) is 15.8. The van der Waals surface area contributed by atoms with Crippen LogP contribution in [0.25, 0.3) is 11.0 Å². The van der Waals surface area contributed by atoms with Gasteiger partial charge in [0.25, 0.3) is 0 Å². The predicted molar refractivity (Wildman–Crippen MR) is 87.9 cm³/mol. The van der Waals surface area contributed by atoms with E-state index >= 15 is 0 Å². The van der Waals surface area contributed by atoms with Gasteiger partial charge in [0.15, 0.2) is 0 Å². The quantitative estimate of drug-likeness (QED) is 0.414. The normalized spacial score (nSPS) is 11.0. The van der Waals surface area contributed by atoms with Crippen molar-refractivity contribution < 1.29 is 4.74 Å². The minimum Gasteiger partial charge on any atom is -0.380 e. The Bertz CT molecular complexity index is 599. The van der Waals surface area contributed by atoms with Gasteiger partial charge in [-0.1, -0.05) is 12.1 Å². The lowest BCUT2D eigenvalue weighted by molar-refractivity contribution is 0.140. The van der Waals surface area contributed by atoms with E-state index in [2.05, 4.69) is 15.6 Å². The Hall–Kier alpha value is -1.99. The Morgan fingerprint density at radius 1 is 1.41 bits per heavy atom. The zero-order valence-electron chi connectivity index (χ0n) is 13.2. The lowest BCUT2D eigenvalue weighted by atomic mass is 10.3. The van der Waals surface area contributed by atoms with Crippen LogP contribution in [-0.4, -0.2) is 42.9 Å². The van der Waals surface area contributed by atoms with Gasteiger partial charge >= 0.3 is 0 Å². The molecule has 0 aliphatic heterocycles. The molecule has 22 heavy (non-hydrogen) atoms. The van der Waals surface area contributed by atoms with Crippen molar-refractivity contribution in [3.63, 3.8) is 0 Å². The number of aromatic nitrogens is 2. The molecule has 1 aromatic heterocycles. The van der Waals surface area contributed by atoms with E-state index < -0.39 is 0 Å². The van der Waals surface area contributed by atoms with Crippen LogP contribution in [0.4, 0.5) is 5.95 Å². The summed E-state index contributed by atoms with van der Waals surface area (Å²) < 4.78 is 7.43. The number of para-hydroxylation sites is 2. The van der Waals surface area contributed by atoms with E-state index in [-0.39, 0.29) is 0 Å². The summed E-state index contributed by atoms with van der Waals surface area (Å²) in [5, 5.41) is 7.63. The van der Waals surface area contributed by atoms with Crippen LogP contribution in [0.2, 0.25) is 0 Å². The van der Waals surface area contributed by atoms with Crippen LogP contribution in [0, 0.1) is 4.91 Å². The van der Waals surface area contributed by atoms with Gasteiger partial charge in [0.2, 0.25) is 5.95 Å². The molecule has 7 nitrogen and oxygen atoms in total. The number of fused-ring (bicyclic) bond motifs is 1. The molecule has 7 heteroatoms. The van der Waals surface area contributed by atoms with Crippen molar-refractivity contribution in [3.8, 4) is 0 Å². The van der Waals surface area contributed by atoms with Crippen molar-refractivity contribution in [2.24, 2.45) is 5.29 Å². The maximum absolute atomic E-state index is 11.2. The van der Waals surface area contributed by atoms with Gasteiger partial charge in [-0.15, -0.1) is 4.91 Å². The third-order valence-electron chi connectivity index (χ3n) is 3.42. The van der Waals surface area contributed by atoms with Crippen LogP contribution in [0.1, 0.15) is 13.3 Å². The van der Waals surface area contributed by atoms with E-state index in [1.807, 2.05) is 42.8 Å². The van der Waals surface area contributed by atoms with Gasteiger partial charge in [0, 0.05) is 19.7 Å². The van der Waals surface area contributed by atoms with Gasteiger partial charge in [-0.2, -0.15) is 5.01 Å². The van der Waals surface area contributed by atoms with Crippen molar-refractivity contribution in [1.29, 1.82) is 0 Å². The number of imidazole rings is 1. The molecule has 2 rings (SSSR count). The van der Waals surface area contributed by atoms with Crippen LogP contribution in [0.15, 0.2) is 29.6 Å². The summed E-state index contributed by atoms with van der Waals surface area (Å²) in [6, 6.07) is 7.83. The summed E-state index contributed by atoms with van der Waals surface area (Å²) in [4.78, 5) is 15.8. The molecule has 0 fully saturated rings. The minimum absolute atomic E-state index is 0.530. The molecule has 0 saturated heterocycles. The average Bonchev–Trinajstić information content (AvgIpc) is 2.91. The first-order valence-electron chi connectivity index (χ1n) is 7.60. The second-order valence-electron chi connectivity index (χ2n) is 4.91. The number of nitrogens with zero attached hydrogens (tertiary/aromatic N) is 4. The van der Waals surface area contributed by atoms with E-state index in [0.29, 0.717) is 32.3 Å². The molecule has 0 aliphatic carbocycles. The highest BCUT2D eigenvalue weighted by Gasteiger charge is 2.17. The SMILES string of the molecule is CCOCCn1c(N(CCCNC)N=O)nc2ccccc21. The number of hydrogen-bond acceptors (Lipinski definition) is 5. The monoisotopic (exact) mass is 305 g/mol. The van der Waals surface area contributed by atoms with E-state index in [0.717, 1.165) is 24.0 Å². The summed E-state index contributed by atoms with van der Waals surface area (Å²) in [6.07, 6.45) is 0.816. The minimum atomic E-state index is 0.530. The summed E-state index contributed by atoms with van der Waals surface area (Å²) in [6.45, 7) is 5.20. The van der Waals surface area contributed by atoms with E-state index in [4.69, 9.17) is 4.74 Å². The van der Waals surface area contributed by atoms with Crippen molar-refractivity contribution in [2.45, 2.75) is 19.9 Å². The van der Waals surface area contributed by atoms with E-state index in [1.54, 1.807) is 0 Å². The van der Waals surface area contributed by atoms with Crippen molar-refractivity contribution >= 4 is 17.0 Å². The number of hydrogen-bond donors (Lipinski definition) is 1. The largest absolute Gasteiger partial charge is 0.380 e. The number of rotatable bonds is 10. The first-order valence-corrected chi connectivity index (χ1v) is 7.60. The Balaban J connectivity index is 2.28. The molecule has 0 aliphatic rings. The maximum atomic E-state index is 11.2. The van der Waals surface area contributed by atoms with Crippen LogP contribution in [0.5, 0.6) is 0 Å². The highest BCUT2D eigenvalue weighted by Crippen LogP contribution is 2.23. The molecule has 0 unspecified atom stereocenters. The van der Waals surface area contributed by atoms with Gasteiger partial charge in [0.05, 0.1) is 22.9 Å². The highest BCUT2D eigenvalue weighted by molar-refractivity contribution is 5.78. The van der Waals surface area contributed by atoms with Gasteiger partial charge in [0.1, 0.15) is 0 Å². The van der Waals surface area contributed by atoms with Crippen molar-refractivity contribution in [1.82, 2.24) is 14.9 Å². The molecule has 0 radical (unpaired) electrons. The first-order chi connectivity index (χ1) is 10.8. The molecule has 1 N–H and O–H groups in total. The van der Waals surface area contributed by atoms with Gasteiger partial charge < -0.3 is 14.6 Å². The molecular weight excluding hydrogens is 282 g/mol. The smallest absolute Gasteiger partial charge is 0.230 e. The Morgan fingerprint density at radius 3 is 2.95 bits per heavy atom. The third kappa shape index (κ3) is 3.80. The van der Waals surface area contributed by atoms with Gasteiger partial charge in [-0.3, -0.25) is 0 Å².